The first-order valence-corrected chi connectivity index (χ1v) is 6.17. The Kier molecular flexibility index (Phi) is 5.51. The molecule has 90 valence electrons. The third-order valence-corrected chi connectivity index (χ3v) is 2.86. The molecule has 1 aliphatic carbocycles. The van der Waals surface area contributed by atoms with Gasteiger partial charge in [0.05, 0.1) is 12.0 Å². The van der Waals surface area contributed by atoms with E-state index in [-0.39, 0.29) is 5.92 Å². The van der Waals surface area contributed by atoms with Gasteiger partial charge in [-0.25, -0.2) is 0 Å². The number of rotatable bonds is 8. The summed E-state index contributed by atoms with van der Waals surface area (Å²) in [5.41, 5.74) is 1.22. The highest BCUT2D eigenvalue weighted by atomic mass is 15.1. The zero-order valence-corrected chi connectivity index (χ0v) is 10.5. The van der Waals surface area contributed by atoms with E-state index in [0.29, 0.717) is 0 Å². The average molecular weight is 221 g/mol. The van der Waals surface area contributed by atoms with Gasteiger partial charge in [0.15, 0.2) is 0 Å². The van der Waals surface area contributed by atoms with Crippen LogP contribution in [0, 0.1) is 17.2 Å². The van der Waals surface area contributed by atoms with Crippen molar-refractivity contribution in [3.63, 3.8) is 0 Å². The third kappa shape index (κ3) is 5.29. The molecule has 3 nitrogen and oxygen atoms in total. The highest BCUT2D eigenvalue weighted by Gasteiger charge is 2.20. The van der Waals surface area contributed by atoms with Gasteiger partial charge < -0.3 is 5.32 Å². The maximum atomic E-state index is 8.79. The number of hydrogen-bond acceptors (Lipinski definition) is 3. The van der Waals surface area contributed by atoms with E-state index in [9.17, 15) is 0 Å². The molecule has 0 aliphatic heterocycles. The number of nitrogens with one attached hydrogen (secondary N) is 1. The highest BCUT2D eigenvalue weighted by Crippen LogP contribution is 2.18. The molecule has 0 aromatic heterocycles. The molecule has 16 heavy (non-hydrogen) atoms. The maximum Gasteiger partial charge on any atom is 0.0666 e. The highest BCUT2D eigenvalue weighted by molar-refractivity contribution is 5.02. The van der Waals surface area contributed by atoms with Crippen LogP contribution in [0.15, 0.2) is 12.2 Å². The van der Waals surface area contributed by atoms with Gasteiger partial charge >= 0.3 is 0 Å². The number of nitrogens with zero attached hydrogens (tertiary/aromatic N) is 2. The summed E-state index contributed by atoms with van der Waals surface area (Å²) in [4.78, 5) is 2.28. The van der Waals surface area contributed by atoms with Crippen LogP contribution in [0.3, 0.4) is 0 Å². The van der Waals surface area contributed by atoms with Crippen LogP contribution in [0.5, 0.6) is 0 Å². The smallest absolute Gasteiger partial charge is 0.0666 e. The fraction of sp³-hybridized carbons (Fsp3) is 0.769. The van der Waals surface area contributed by atoms with Crippen molar-refractivity contribution < 1.29 is 0 Å². The Morgan fingerprint density at radius 2 is 2.31 bits per heavy atom. The quantitative estimate of drug-likeness (QED) is 0.635. The molecular weight excluding hydrogens is 198 g/mol. The second-order valence-corrected chi connectivity index (χ2v) is 4.76. The molecule has 1 fully saturated rings. The fourth-order valence-electron chi connectivity index (χ4n) is 1.68. The van der Waals surface area contributed by atoms with Crippen molar-refractivity contribution in [2.75, 3.05) is 26.2 Å². The maximum absolute atomic E-state index is 8.79. The van der Waals surface area contributed by atoms with Gasteiger partial charge in [-0.3, -0.25) is 4.90 Å². The Morgan fingerprint density at radius 3 is 2.81 bits per heavy atom. The molecule has 0 bridgehead atoms. The van der Waals surface area contributed by atoms with Crippen molar-refractivity contribution in [2.24, 2.45) is 5.92 Å². The molecule has 0 heterocycles. The summed E-state index contributed by atoms with van der Waals surface area (Å²) < 4.78 is 0. The molecular formula is C13H23N3. The Morgan fingerprint density at radius 1 is 1.62 bits per heavy atom. The summed E-state index contributed by atoms with van der Waals surface area (Å²) in [6, 6.07) is 3.02. The van der Waals surface area contributed by atoms with E-state index in [4.69, 9.17) is 5.26 Å². The molecule has 0 amide bonds. The molecule has 3 heteroatoms. The van der Waals surface area contributed by atoms with Crippen LogP contribution in [0.4, 0.5) is 0 Å². The number of nitriles is 1. The summed E-state index contributed by atoms with van der Waals surface area (Å²) >= 11 is 0. The largest absolute Gasteiger partial charge is 0.310 e. The minimum Gasteiger partial charge on any atom is -0.310 e. The van der Waals surface area contributed by atoms with Crippen molar-refractivity contribution >= 4 is 0 Å². The van der Waals surface area contributed by atoms with E-state index in [2.05, 4.69) is 29.8 Å². The summed E-state index contributed by atoms with van der Waals surface area (Å²) in [7, 11) is 0. The van der Waals surface area contributed by atoms with E-state index in [1.807, 2.05) is 6.92 Å². The Labute approximate surface area is 99.1 Å². The fourth-order valence-corrected chi connectivity index (χ4v) is 1.68. The van der Waals surface area contributed by atoms with Gasteiger partial charge in [0, 0.05) is 25.7 Å². The lowest BCUT2D eigenvalue weighted by Gasteiger charge is -2.22. The number of hydrogen-bond donors (Lipinski definition) is 1. The topological polar surface area (TPSA) is 39.1 Å². The van der Waals surface area contributed by atoms with Crippen LogP contribution in [0.1, 0.15) is 26.7 Å². The second-order valence-electron chi connectivity index (χ2n) is 4.76. The van der Waals surface area contributed by atoms with E-state index in [0.717, 1.165) is 32.2 Å². The van der Waals surface area contributed by atoms with Crippen LogP contribution in [0.25, 0.3) is 0 Å². The van der Waals surface area contributed by atoms with Crippen LogP contribution in [-0.4, -0.2) is 37.1 Å². The average Bonchev–Trinajstić information content (AvgIpc) is 3.09. The first kappa shape index (κ1) is 13.2. The van der Waals surface area contributed by atoms with Gasteiger partial charge in [0.2, 0.25) is 0 Å². The van der Waals surface area contributed by atoms with Gasteiger partial charge in [-0.1, -0.05) is 13.5 Å². The lowest BCUT2D eigenvalue weighted by atomic mass is 10.2. The zero-order valence-electron chi connectivity index (χ0n) is 10.5. The van der Waals surface area contributed by atoms with Crippen molar-refractivity contribution in [2.45, 2.75) is 32.7 Å². The molecule has 0 saturated heterocycles. The normalized spacial score (nSPS) is 17.1. The summed E-state index contributed by atoms with van der Waals surface area (Å²) in [5, 5.41) is 12.2. The SMILES string of the molecule is C=C(CNC1CC1)CN(CC)CC(C)C#N. The van der Waals surface area contributed by atoms with Crippen LogP contribution in [-0.2, 0) is 0 Å². The van der Waals surface area contributed by atoms with Crippen molar-refractivity contribution in [1.82, 2.24) is 10.2 Å². The van der Waals surface area contributed by atoms with Gasteiger partial charge in [0.25, 0.3) is 0 Å². The standard InChI is InChI=1S/C13H23N3/c1-4-16(9-11(2)7-14)10-12(3)8-15-13-5-6-13/h11,13,15H,3-6,8-10H2,1-2H3. The summed E-state index contributed by atoms with van der Waals surface area (Å²) in [6.07, 6.45) is 2.63. The molecule has 1 atom stereocenters. The predicted octanol–water partition coefficient (Wildman–Crippen LogP) is 1.78. The van der Waals surface area contributed by atoms with Gasteiger partial charge in [-0.15, -0.1) is 0 Å². The third-order valence-electron chi connectivity index (χ3n) is 2.86. The molecule has 1 rings (SSSR count). The van der Waals surface area contributed by atoms with Gasteiger partial charge in [0.1, 0.15) is 0 Å². The molecule has 1 unspecified atom stereocenters. The monoisotopic (exact) mass is 221 g/mol. The molecule has 0 spiro atoms. The van der Waals surface area contributed by atoms with E-state index in [1.165, 1.54) is 18.4 Å². The van der Waals surface area contributed by atoms with Crippen LogP contribution >= 0.6 is 0 Å². The Balaban J connectivity index is 2.19. The minimum atomic E-state index is 0.101. The lowest BCUT2D eigenvalue weighted by Crippen LogP contribution is -2.32. The molecule has 0 aromatic rings. The van der Waals surface area contributed by atoms with E-state index >= 15 is 0 Å². The van der Waals surface area contributed by atoms with Crippen molar-refractivity contribution in [3.8, 4) is 6.07 Å². The molecule has 0 aromatic carbocycles. The van der Waals surface area contributed by atoms with Gasteiger partial charge in [-0.2, -0.15) is 5.26 Å². The Bertz CT molecular complexity index is 263. The molecule has 1 N–H and O–H groups in total. The van der Waals surface area contributed by atoms with Gasteiger partial charge in [-0.05, 0) is 31.9 Å². The van der Waals surface area contributed by atoms with E-state index in [1.54, 1.807) is 0 Å². The van der Waals surface area contributed by atoms with Crippen LogP contribution < -0.4 is 5.32 Å². The second kappa shape index (κ2) is 6.67. The molecule has 1 saturated carbocycles. The number of likely N-dealkylation sites (N-methyl/N-ethyl adjacent to an activating group) is 1. The first-order valence-electron chi connectivity index (χ1n) is 6.17. The molecule has 0 radical (unpaired) electrons. The van der Waals surface area contributed by atoms with Crippen molar-refractivity contribution in [1.29, 1.82) is 5.26 Å². The lowest BCUT2D eigenvalue weighted by molar-refractivity contribution is 0.288. The molecule has 1 aliphatic rings. The Hall–Kier alpha value is -0.850. The first-order chi connectivity index (χ1) is 7.65. The summed E-state index contributed by atoms with van der Waals surface area (Å²) in [6.45, 7) is 11.8. The van der Waals surface area contributed by atoms with E-state index < -0.39 is 0 Å². The zero-order chi connectivity index (χ0) is 12.0. The minimum absolute atomic E-state index is 0.101. The van der Waals surface area contributed by atoms with Crippen LogP contribution in [0.2, 0.25) is 0 Å². The predicted molar refractivity (Wildman–Crippen MR) is 67.1 cm³/mol. The van der Waals surface area contributed by atoms with Crippen molar-refractivity contribution in [3.05, 3.63) is 12.2 Å². The summed E-state index contributed by atoms with van der Waals surface area (Å²) in [5.74, 6) is 0.101.